The molecule has 10 nitrogen and oxygen atoms in total. The van der Waals surface area contributed by atoms with Crippen LogP contribution < -0.4 is 31.9 Å². The number of nitrogens with zero attached hydrogens (tertiary/aromatic N) is 5. The zero-order valence-corrected chi connectivity index (χ0v) is 26.3. The summed E-state index contributed by atoms with van der Waals surface area (Å²) in [6, 6.07) is 22.2. The van der Waals surface area contributed by atoms with Gasteiger partial charge in [0.25, 0.3) is 5.91 Å². The predicted octanol–water partition coefficient (Wildman–Crippen LogP) is 4.11. The molecule has 0 saturated heterocycles. The lowest BCUT2D eigenvalue weighted by Gasteiger charge is -2.38. The van der Waals surface area contributed by atoms with Gasteiger partial charge in [-0.1, -0.05) is 23.9 Å². The molecule has 1 fully saturated rings. The van der Waals surface area contributed by atoms with Gasteiger partial charge in [0.15, 0.2) is 5.49 Å². The molecule has 234 valence electrons. The summed E-state index contributed by atoms with van der Waals surface area (Å²) in [5.74, 6) is 1.04. The fraction of sp³-hybridized carbons (Fsp3) is 0.222. The fourth-order valence-electron chi connectivity index (χ4n) is 5.50. The minimum absolute atomic E-state index is 0.114. The summed E-state index contributed by atoms with van der Waals surface area (Å²) in [6.07, 6.45) is 6.43. The van der Waals surface area contributed by atoms with E-state index in [1.54, 1.807) is 50.5 Å². The van der Waals surface area contributed by atoms with Crippen LogP contribution in [0.5, 0.6) is 11.5 Å². The highest BCUT2D eigenvalue weighted by Crippen LogP contribution is 2.31. The maximum Gasteiger partial charge on any atom is 0.339 e. The molecule has 1 saturated carbocycles. The normalized spacial score (nSPS) is 15.5. The number of anilines is 1. The molecule has 1 atom stereocenters. The number of carbonyl (C=O) groups is 1. The van der Waals surface area contributed by atoms with Gasteiger partial charge in [-0.2, -0.15) is 0 Å². The fourth-order valence-corrected chi connectivity index (χ4v) is 5.50. The van der Waals surface area contributed by atoms with E-state index in [4.69, 9.17) is 10.5 Å². The zero-order chi connectivity index (χ0) is 32.6. The Balaban J connectivity index is 1.40. The molecule has 3 aromatic carbocycles. The van der Waals surface area contributed by atoms with Crippen LogP contribution in [0.1, 0.15) is 25.3 Å². The number of aryl methyl sites for hydroxylation is 1. The third kappa shape index (κ3) is 6.09. The quantitative estimate of drug-likeness (QED) is 0.131. The van der Waals surface area contributed by atoms with Crippen molar-refractivity contribution >= 4 is 17.3 Å². The number of para-hydroxylation sites is 1. The molecular weight excluding hydrogens is 580 g/mol. The average molecular weight is 617 g/mol. The van der Waals surface area contributed by atoms with Gasteiger partial charge < -0.3 is 25.2 Å². The molecule has 1 aliphatic carbocycles. The van der Waals surface area contributed by atoms with Crippen LogP contribution in [0.4, 0.5) is 5.69 Å². The molecule has 1 aromatic heterocycles. The number of carbonyl (C=O) groups excluding carboxylic acids is 1. The molecule has 0 spiro atoms. The molecule has 0 radical (unpaired) electrons. The maximum absolute atomic E-state index is 14.3. The lowest BCUT2D eigenvalue weighted by molar-refractivity contribution is -0.865. The van der Waals surface area contributed by atoms with Gasteiger partial charge in [-0.15, -0.1) is 0 Å². The number of benzene rings is 3. The lowest BCUT2D eigenvalue weighted by atomic mass is 10.1. The van der Waals surface area contributed by atoms with E-state index in [1.165, 1.54) is 26.3 Å². The van der Waals surface area contributed by atoms with E-state index in [-0.39, 0.29) is 28.8 Å². The SMILES string of the molecule is CC1=C=CN=c2c(n(-c3ccc(Oc4ccccc4)cc3)c(=O)n2-c2cc(C)cc(N(C)C(=O)/C=C/C[N+](C)([O-])C3CC3)c2)=C1N. The van der Waals surface area contributed by atoms with Crippen LogP contribution in [-0.4, -0.2) is 46.4 Å². The molecule has 1 amide bonds. The van der Waals surface area contributed by atoms with Crippen LogP contribution in [0, 0.1) is 12.1 Å². The molecule has 1 unspecified atom stereocenters. The number of rotatable bonds is 9. The monoisotopic (exact) mass is 616 g/mol. The summed E-state index contributed by atoms with van der Waals surface area (Å²) in [4.78, 5) is 33.5. The van der Waals surface area contributed by atoms with Crippen molar-refractivity contribution in [3.63, 3.8) is 0 Å². The number of nitrogens with two attached hydrogens (primary N) is 1. The average Bonchev–Trinajstić information content (AvgIpc) is 3.87. The van der Waals surface area contributed by atoms with Crippen LogP contribution in [0.25, 0.3) is 17.1 Å². The van der Waals surface area contributed by atoms with Gasteiger partial charge in [0.05, 0.1) is 42.9 Å². The Morgan fingerprint density at radius 3 is 2.46 bits per heavy atom. The van der Waals surface area contributed by atoms with E-state index in [0.29, 0.717) is 50.7 Å². The van der Waals surface area contributed by atoms with E-state index in [1.807, 2.05) is 56.3 Å². The minimum atomic E-state index is -0.380. The molecule has 10 heteroatoms. The number of imidazole rings is 1. The van der Waals surface area contributed by atoms with Crippen molar-refractivity contribution in [1.82, 2.24) is 9.13 Å². The van der Waals surface area contributed by atoms with Gasteiger partial charge in [-0.05, 0) is 80.1 Å². The Bertz CT molecular complexity index is 2100. The number of likely N-dealkylation sites (N-methyl/N-ethyl adjacent to an activating group) is 2. The van der Waals surface area contributed by atoms with Crippen LogP contribution in [-0.2, 0) is 4.79 Å². The minimum Gasteiger partial charge on any atom is -0.633 e. The second kappa shape index (κ2) is 12.2. The number of ether oxygens (including phenoxy) is 1. The Hall–Kier alpha value is -5.41. The molecule has 0 bridgehead atoms. The number of hydrogen-bond acceptors (Lipinski definition) is 6. The summed E-state index contributed by atoms with van der Waals surface area (Å²) in [6.45, 7) is 3.95. The second-order valence-corrected chi connectivity index (χ2v) is 11.9. The smallest absolute Gasteiger partial charge is 0.339 e. The van der Waals surface area contributed by atoms with Crippen molar-refractivity contribution in [2.45, 2.75) is 32.7 Å². The van der Waals surface area contributed by atoms with Crippen molar-refractivity contribution in [1.29, 1.82) is 0 Å². The Morgan fingerprint density at radius 1 is 1.07 bits per heavy atom. The first kappa shape index (κ1) is 30.6. The Kier molecular flexibility index (Phi) is 8.10. The summed E-state index contributed by atoms with van der Waals surface area (Å²) in [5, 5.41) is 13.1. The number of aromatic nitrogens is 2. The van der Waals surface area contributed by atoms with Gasteiger partial charge in [-0.25, -0.2) is 14.4 Å². The van der Waals surface area contributed by atoms with Gasteiger partial charge in [0.1, 0.15) is 16.8 Å². The molecule has 6 rings (SSSR count). The first-order valence-electron chi connectivity index (χ1n) is 15.1. The lowest BCUT2D eigenvalue weighted by Crippen LogP contribution is -2.40. The molecule has 46 heavy (non-hydrogen) atoms. The van der Waals surface area contributed by atoms with E-state index in [2.05, 4.69) is 10.7 Å². The van der Waals surface area contributed by atoms with Crippen molar-refractivity contribution in [2.75, 3.05) is 25.5 Å². The van der Waals surface area contributed by atoms with Crippen LogP contribution in [0.2, 0.25) is 0 Å². The van der Waals surface area contributed by atoms with E-state index < -0.39 is 0 Å². The molecule has 4 aromatic rings. The topological polar surface area (TPSA) is 118 Å². The molecule has 1 aliphatic heterocycles. The third-order valence-electron chi connectivity index (χ3n) is 8.30. The standard InChI is InChI=1S/C36H36N6O4/c1-24-21-27(39(3)32(43)11-8-20-42(4,45)29-14-15-29)23-28(22-24)41-35-34(33(37)25(2)18-19-38-35)40(36(41)44)26-12-16-31(17-13-26)46-30-9-6-5-7-10-30/h5-13,16-17,19,21-23,29H,14-15,20,37H2,1-4H3/b11-8+. The van der Waals surface area contributed by atoms with Crippen LogP contribution in [0.3, 0.4) is 0 Å². The molecule has 2 N–H and O–H groups in total. The highest BCUT2D eigenvalue weighted by Gasteiger charge is 2.34. The summed E-state index contributed by atoms with van der Waals surface area (Å²) < 4.78 is 8.61. The van der Waals surface area contributed by atoms with Gasteiger partial charge in [0.2, 0.25) is 0 Å². The molecular formula is C36H36N6O4. The number of fused-ring (bicyclic) bond motifs is 1. The van der Waals surface area contributed by atoms with Gasteiger partial charge >= 0.3 is 5.69 Å². The number of amides is 1. The van der Waals surface area contributed by atoms with E-state index in [9.17, 15) is 14.8 Å². The van der Waals surface area contributed by atoms with Crippen molar-refractivity contribution < 1.29 is 14.2 Å². The summed E-state index contributed by atoms with van der Waals surface area (Å²) in [7, 11) is 3.31. The van der Waals surface area contributed by atoms with Gasteiger partial charge in [0, 0.05) is 37.2 Å². The highest BCUT2D eigenvalue weighted by atomic mass is 16.5. The number of hydroxylamine groups is 3. The second-order valence-electron chi connectivity index (χ2n) is 11.9. The van der Waals surface area contributed by atoms with Crippen LogP contribution >= 0.6 is 0 Å². The maximum atomic E-state index is 14.3. The summed E-state index contributed by atoms with van der Waals surface area (Å²) in [5.41, 5.74) is 13.2. The van der Waals surface area contributed by atoms with Crippen molar-refractivity contribution in [2.24, 2.45) is 10.7 Å². The largest absolute Gasteiger partial charge is 0.633 e. The Labute approximate surface area is 266 Å². The number of hydrogen-bond donors (Lipinski definition) is 1. The van der Waals surface area contributed by atoms with Gasteiger partial charge in [-0.3, -0.25) is 9.36 Å². The summed E-state index contributed by atoms with van der Waals surface area (Å²) >= 11 is 0. The first-order chi connectivity index (χ1) is 22.0. The third-order valence-corrected chi connectivity index (χ3v) is 8.30. The zero-order valence-electron chi connectivity index (χ0n) is 26.3. The molecule has 2 aliphatic rings. The highest BCUT2D eigenvalue weighted by molar-refractivity contribution is 6.01. The van der Waals surface area contributed by atoms with E-state index in [0.717, 1.165) is 18.4 Å². The van der Waals surface area contributed by atoms with Crippen molar-refractivity contribution in [3.05, 3.63) is 135 Å². The predicted molar refractivity (Wildman–Crippen MR) is 178 cm³/mol. The first-order valence-corrected chi connectivity index (χ1v) is 15.1. The van der Waals surface area contributed by atoms with Crippen LogP contribution in [0.15, 0.2) is 112 Å². The Morgan fingerprint density at radius 2 is 1.76 bits per heavy atom. The molecule has 2 heterocycles. The van der Waals surface area contributed by atoms with Crippen molar-refractivity contribution in [3.8, 4) is 22.9 Å². The van der Waals surface area contributed by atoms with E-state index >= 15 is 0 Å². The number of quaternary nitrogens is 1.